The third-order valence-electron chi connectivity index (χ3n) is 3.17. The monoisotopic (exact) mass is 261 g/mol. The number of aromatic amines is 1. The lowest BCUT2D eigenvalue weighted by Gasteiger charge is -2.15. The predicted octanol–water partition coefficient (Wildman–Crippen LogP) is 2.44. The van der Waals surface area contributed by atoms with Gasteiger partial charge in [0.1, 0.15) is 5.75 Å². The van der Waals surface area contributed by atoms with E-state index >= 15 is 0 Å². The molecular formula is C14H19N3O2. The standard InChI is InChI=1S/C14H19N3O2/c1-4-5-8-17(2)14(18)13-11-7-6-10(19-3)9-12(11)15-16-13/h6-7,9H,4-5,8H2,1-3H3,(H,15,16). The molecule has 5 nitrogen and oxygen atoms in total. The molecule has 0 saturated heterocycles. The smallest absolute Gasteiger partial charge is 0.274 e. The Labute approximate surface area is 112 Å². The summed E-state index contributed by atoms with van der Waals surface area (Å²) in [7, 11) is 3.42. The average molecular weight is 261 g/mol. The summed E-state index contributed by atoms with van der Waals surface area (Å²) in [5, 5.41) is 7.83. The van der Waals surface area contributed by atoms with Gasteiger partial charge in [-0.3, -0.25) is 9.89 Å². The minimum Gasteiger partial charge on any atom is -0.497 e. The van der Waals surface area contributed by atoms with E-state index < -0.39 is 0 Å². The van der Waals surface area contributed by atoms with Gasteiger partial charge < -0.3 is 9.64 Å². The number of ether oxygens (including phenoxy) is 1. The SMILES string of the molecule is CCCCN(C)C(=O)c1n[nH]c2cc(OC)ccc12. The number of benzene rings is 1. The number of amides is 1. The second-order valence-corrected chi connectivity index (χ2v) is 4.56. The van der Waals surface area contributed by atoms with E-state index in [9.17, 15) is 4.79 Å². The van der Waals surface area contributed by atoms with Gasteiger partial charge >= 0.3 is 0 Å². The molecule has 0 fully saturated rings. The van der Waals surface area contributed by atoms with Gasteiger partial charge in [0.15, 0.2) is 5.69 Å². The van der Waals surface area contributed by atoms with E-state index in [1.807, 2.05) is 25.2 Å². The number of methoxy groups -OCH3 is 1. The minimum atomic E-state index is -0.0510. The molecule has 2 aromatic rings. The molecule has 19 heavy (non-hydrogen) atoms. The number of hydrogen-bond donors (Lipinski definition) is 1. The number of aromatic nitrogens is 2. The summed E-state index contributed by atoms with van der Waals surface area (Å²) in [6, 6.07) is 5.53. The number of carbonyl (C=O) groups excluding carboxylic acids is 1. The Morgan fingerprint density at radius 1 is 1.47 bits per heavy atom. The maximum Gasteiger partial charge on any atom is 0.274 e. The maximum atomic E-state index is 12.3. The fraction of sp³-hybridized carbons (Fsp3) is 0.429. The van der Waals surface area contributed by atoms with Crippen molar-refractivity contribution in [3.8, 4) is 5.75 Å². The molecule has 0 aliphatic carbocycles. The van der Waals surface area contributed by atoms with E-state index in [1.54, 1.807) is 12.0 Å². The first kappa shape index (κ1) is 13.4. The van der Waals surface area contributed by atoms with Gasteiger partial charge in [0.2, 0.25) is 0 Å². The van der Waals surface area contributed by atoms with Crippen LogP contribution in [0.2, 0.25) is 0 Å². The van der Waals surface area contributed by atoms with E-state index in [2.05, 4.69) is 17.1 Å². The minimum absolute atomic E-state index is 0.0510. The van der Waals surface area contributed by atoms with Crippen molar-refractivity contribution in [1.29, 1.82) is 0 Å². The van der Waals surface area contributed by atoms with Crippen molar-refractivity contribution in [3.05, 3.63) is 23.9 Å². The van der Waals surface area contributed by atoms with Crippen molar-refractivity contribution >= 4 is 16.8 Å². The lowest BCUT2D eigenvalue weighted by atomic mass is 10.2. The highest BCUT2D eigenvalue weighted by Crippen LogP contribution is 2.22. The van der Waals surface area contributed by atoms with Crippen LogP contribution < -0.4 is 4.74 Å². The first-order valence-corrected chi connectivity index (χ1v) is 6.45. The second kappa shape index (κ2) is 5.73. The third kappa shape index (κ3) is 2.70. The fourth-order valence-electron chi connectivity index (χ4n) is 1.97. The highest BCUT2D eigenvalue weighted by molar-refractivity contribution is 6.04. The molecule has 5 heteroatoms. The van der Waals surface area contributed by atoms with Crippen LogP contribution in [-0.4, -0.2) is 41.7 Å². The van der Waals surface area contributed by atoms with Gasteiger partial charge in [-0.25, -0.2) is 0 Å². The Bertz CT molecular complexity index is 577. The van der Waals surface area contributed by atoms with Gasteiger partial charge in [-0.15, -0.1) is 0 Å². The summed E-state index contributed by atoms with van der Waals surface area (Å²) < 4.78 is 5.15. The fourth-order valence-corrected chi connectivity index (χ4v) is 1.97. The van der Waals surface area contributed by atoms with Crippen molar-refractivity contribution < 1.29 is 9.53 Å². The van der Waals surface area contributed by atoms with Gasteiger partial charge in [0, 0.05) is 25.0 Å². The summed E-state index contributed by atoms with van der Waals surface area (Å²) >= 11 is 0. The first-order valence-electron chi connectivity index (χ1n) is 6.45. The van der Waals surface area contributed by atoms with Crippen LogP contribution in [0.15, 0.2) is 18.2 Å². The van der Waals surface area contributed by atoms with E-state index in [4.69, 9.17) is 4.74 Å². The molecule has 102 valence electrons. The summed E-state index contributed by atoms with van der Waals surface area (Å²) in [5.74, 6) is 0.694. The zero-order valence-electron chi connectivity index (χ0n) is 11.6. The van der Waals surface area contributed by atoms with Crippen LogP contribution in [0.3, 0.4) is 0 Å². The van der Waals surface area contributed by atoms with Crippen LogP contribution in [0.5, 0.6) is 5.75 Å². The average Bonchev–Trinajstić information content (AvgIpc) is 2.86. The summed E-state index contributed by atoms with van der Waals surface area (Å²) in [4.78, 5) is 14.0. The van der Waals surface area contributed by atoms with Crippen molar-refractivity contribution in [2.24, 2.45) is 0 Å². The van der Waals surface area contributed by atoms with E-state index in [0.717, 1.165) is 36.0 Å². The number of carbonyl (C=O) groups is 1. The Morgan fingerprint density at radius 3 is 2.95 bits per heavy atom. The largest absolute Gasteiger partial charge is 0.497 e. The van der Waals surface area contributed by atoms with Crippen LogP contribution in [0.25, 0.3) is 10.9 Å². The summed E-state index contributed by atoms with van der Waals surface area (Å²) in [6.07, 6.45) is 2.06. The lowest BCUT2D eigenvalue weighted by molar-refractivity contribution is 0.0789. The molecule has 0 radical (unpaired) electrons. The molecule has 1 N–H and O–H groups in total. The molecule has 0 bridgehead atoms. The summed E-state index contributed by atoms with van der Waals surface area (Å²) in [6.45, 7) is 2.86. The highest BCUT2D eigenvalue weighted by atomic mass is 16.5. The molecule has 0 aliphatic rings. The van der Waals surface area contributed by atoms with Gasteiger partial charge in [0.05, 0.1) is 12.6 Å². The third-order valence-corrected chi connectivity index (χ3v) is 3.17. The topological polar surface area (TPSA) is 58.2 Å². The predicted molar refractivity (Wildman–Crippen MR) is 74.5 cm³/mol. The van der Waals surface area contributed by atoms with E-state index in [1.165, 1.54) is 0 Å². The quantitative estimate of drug-likeness (QED) is 0.899. The van der Waals surface area contributed by atoms with Crippen LogP contribution >= 0.6 is 0 Å². The van der Waals surface area contributed by atoms with E-state index in [0.29, 0.717) is 5.69 Å². The van der Waals surface area contributed by atoms with Gasteiger partial charge in [-0.1, -0.05) is 13.3 Å². The van der Waals surface area contributed by atoms with Gasteiger partial charge in [-0.05, 0) is 18.6 Å². The Hall–Kier alpha value is -2.04. The molecule has 0 aliphatic heterocycles. The molecule has 1 heterocycles. The second-order valence-electron chi connectivity index (χ2n) is 4.56. The number of nitrogens with one attached hydrogen (secondary N) is 1. The van der Waals surface area contributed by atoms with Gasteiger partial charge in [-0.2, -0.15) is 5.10 Å². The Kier molecular flexibility index (Phi) is 4.04. The Morgan fingerprint density at radius 2 is 2.26 bits per heavy atom. The Balaban J connectivity index is 2.27. The molecule has 0 atom stereocenters. The highest BCUT2D eigenvalue weighted by Gasteiger charge is 2.17. The zero-order chi connectivity index (χ0) is 13.8. The van der Waals surface area contributed by atoms with Crippen LogP contribution in [0.1, 0.15) is 30.3 Å². The lowest BCUT2D eigenvalue weighted by Crippen LogP contribution is -2.28. The summed E-state index contributed by atoms with van der Waals surface area (Å²) in [5.41, 5.74) is 1.28. The number of unbranched alkanes of at least 4 members (excludes halogenated alkanes) is 1. The molecule has 0 spiro atoms. The molecule has 0 saturated carbocycles. The number of nitrogens with zero attached hydrogens (tertiary/aromatic N) is 2. The van der Waals surface area contributed by atoms with Crippen LogP contribution in [0.4, 0.5) is 0 Å². The molecule has 2 rings (SSSR count). The van der Waals surface area contributed by atoms with Gasteiger partial charge in [0.25, 0.3) is 5.91 Å². The van der Waals surface area contributed by atoms with Crippen LogP contribution in [-0.2, 0) is 0 Å². The number of H-pyrrole nitrogens is 1. The molecule has 0 unspecified atom stereocenters. The van der Waals surface area contributed by atoms with Crippen molar-refractivity contribution in [2.75, 3.05) is 20.7 Å². The number of rotatable bonds is 5. The van der Waals surface area contributed by atoms with Crippen molar-refractivity contribution in [3.63, 3.8) is 0 Å². The molecule has 1 amide bonds. The molecule has 1 aromatic heterocycles. The van der Waals surface area contributed by atoms with Crippen molar-refractivity contribution in [1.82, 2.24) is 15.1 Å². The molecule has 1 aromatic carbocycles. The number of hydrogen-bond acceptors (Lipinski definition) is 3. The van der Waals surface area contributed by atoms with E-state index in [-0.39, 0.29) is 5.91 Å². The van der Waals surface area contributed by atoms with Crippen LogP contribution in [0, 0.1) is 0 Å². The maximum absolute atomic E-state index is 12.3. The first-order chi connectivity index (χ1) is 9.17. The number of fused-ring (bicyclic) bond motifs is 1. The zero-order valence-corrected chi connectivity index (χ0v) is 11.6. The van der Waals surface area contributed by atoms with Crippen molar-refractivity contribution in [2.45, 2.75) is 19.8 Å². The molecular weight excluding hydrogens is 242 g/mol. The normalized spacial score (nSPS) is 10.7.